The third-order valence-corrected chi connectivity index (χ3v) is 5.19. The molecule has 0 spiro atoms. The zero-order valence-corrected chi connectivity index (χ0v) is 16.7. The number of aromatic amines is 2. The van der Waals surface area contributed by atoms with Crippen molar-refractivity contribution in [1.29, 1.82) is 0 Å². The van der Waals surface area contributed by atoms with E-state index in [0.717, 1.165) is 27.7 Å². The Morgan fingerprint density at radius 2 is 2.00 bits per heavy atom. The highest BCUT2D eigenvalue weighted by molar-refractivity contribution is 5.96. The summed E-state index contributed by atoms with van der Waals surface area (Å²) in [6.07, 6.45) is 4.35. The second-order valence-electron chi connectivity index (χ2n) is 7.17. The van der Waals surface area contributed by atoms with Gasteiger partial charge in [0.15, 0.2) is 11.5 Å². The molecule has 8 heteroatoms. The highest BCUT2D eigenvalue weighted by atomic mass is 16.1. The molecule has 8 nitrogen and oxygen atoms in total. The highest BCUT2D eigenvalue weighted by Gasteiger charge is 2.15. The largest absolute Gasteiger partial charge is 0.338 e. The number of Topliss-reactive ketones (excluding diaryl/α,β-unsaturated/α-hetero) is 1. The van der Waals surface area contributed by atoms with Gasteiger partial charge < -0.3 is 4.98 Å². The number of para-hydroxylation sites is 1. The maximum Gasteiger partial charge on any atom is 0.214 e. The van der Waals surface area contributed by atoms with Crippen molar-refractivity contribution in [2.75, 3.05) is 0 Å². The summed E-state index contributed by atoms with van der Waals surface area (Å²) >= 11 is 0. The number of hydrogen-bond acceptors (Lipinski definition) is 5. The van der Waals surface area contributed by atoms with Crippen LogP contribution in [0.25, 0.3) is 49.6 Å². The lowest BCUT2D eigenvalue weighted by molar-refractivity contribution is -0.118. The summed E-state index contributed by atoms with van der Waals surface area (Å²) in [6.45, 7) is 9.20. The molecule has 0 amide bonds. The fourth-order valence-corrected chi connectivity index (χ4v) is 3.49. The Bertz CT molecular complexity index is 1470. The van der Waals surface area contributed by atoms with Gasteiger partial charge in [-0.05, 0) is 18.2 Å². The van der Waals surface area contributed by atoms with E-state index in [1.807, 2.05) is 37.3 Å². The Kier molecular flexibility index (Phi) is 4.49. The molecular formula is C23H17N7O. The van der Waals surface area contributed by atoms with Crippen molar-refractivity contribution in [1.82, 2.24) is 30.1 Å². The Hall–Kier alpha value is -4.38. The average Bonchev–Trinajstić information content (AvgIpc) is 3.42. The SMILES string of the molecule is [C-]#[N+]c1cccc2[nH]c(-c3[nH]nc4ncc(-c5ccc(CC(=O)CC)nc5)cc34)nc12. The maximum absolute atomic E-state index is 11.6. The lowest BCUT2D eigenvalue weighted by Crippen LogP contribution is -2.02. The number of aromatic nitrogens is 6. The minimum atomic E-state index is 0.165. The van der Waals surface area contributed by atoms with Crippen molar-refractivity contribution in [3.05, 3.63) is 65.9 Å². The third-order valence-electron chi connectivity index (χ3n) is 5.19. The number of nitrogens with one attached hydrogen (secondary N) is 2. The molecule has 4 aromatic heterocycles. The zero-order chi connectivity index (χ0) is 21.4. The Morgan fingerprint density at radius 1 is 1.13 bits per heavy atom. The van der Waals surface area contributed by atoms with E-state index in [0.29, 0.717) is 41.2 Å². The molecule has 0 saturated heterocycles. The fourth-order valence-electron chi connectivity index (χ4n) is 3.49. The summed E-state index contributed by atoms with van der Waals surface area (Å²) in [5.41, 5.74) is 5.72. The predicted molar refractivity (Wildman–Crippen MR) is 117 cm³/mol. The summed E-state index contributed by atoms with van der Waals surface area (Å²) in [7, 11) is 0. The minimum absolute atomic E-state index is 0.165. The molecule has 1 aromatic carbocycles. The number of fused-ring (bicyclic) bond motifs is 2. The van der Waals surface area contributed by atoms with Crippen LogP contribution >= 0.6 is 0 Å². The summed E-state index contributed by atoms with van der Waals surface area (Å²) in [6, 6.07) is 11.3. The van der Waals surface area contributed by atoms with E-state index in [9.17, 15) is 4.79 Å². The van der Waals surface area contributed by atoms with E-state index < -0.39 is 0 Å². The first-order valence-corrected chi connectivity index (χ1v) is 9.84. The van der Waals surface area contributed by atoms with Gasteiger partial charge in [0, 0.05) is 42.1 Å². The molecule has 0 atom stereocenters. The topological polar surface area (TPSA) is 105 Å². The molecule has 2 N–H and O–H groups in total. The van der Waals surface area contributed by atoms with Crippen LogP contribution in [0.3, 0.4) is 0 Å². The highest BCUT2D eigenvalue weighted by Crippen LogP contribution is 2.31. The molecule has 0 bridgehead atoms. The van der Waals surface area contributed by atoms with Gasteiger partial charge in [-0.2, -0.15) is 5.10 Å². The Morgan fingerprint density at radius 3 is 2.77 bits per heavy atom. The molecule has 4 heterocycles. The van der Waals surface area contributed by atoms with Crippen LogP contribution < -0.4 is 0 Å². The summed E-state index contributed by atoms with van der Waals surface area (Å²) in [5, 5.41) is 8.11. The molecule has 0 unspecified atom stereocenters. The number of ketones is 1. The molecule has 150 valence electrons. The van der Waals surface area contributed by atoms with Crippen molar-refractivity contribution >= 4 is 33.5 Å². The number of nitrogens with zero attached hydrogens (tertiary/aromatic N) is 5. The van der Waals surface area contributed by atoms with Crippen molar-refractivity contribution in [2.24, 2.45) is 0 Å². The van der Waals surface area contributed by atoms with Crippen LogP contribution in [0, 0.1) is 6.57 Å². The van der Waals surface area contributed by atoms with Gasteiger partial charge in [0.2, 0.25) is 5.69 Å². The van der Waals surface area contributed by atoms with Crippen LogP contribution in [0.15, 0.2) is 48.8 Å². The van der Waals surface area contributed by atoms with E-state index in [4.69, 9.17) is 6.57 Å². The average molecular weight is 407 g/mol. The van der Waals surface area contributed by atoms with Crippen LogP contribution in [-0.2, 0) is 11.2 Å². The van der Waals surface area contributed by atoms with E-state index >= 15 is 0 Å². The number of carbonyl (C=O) groups is 1. The molecule has 0 fully saturated rings. The molecule has 0 aliphatic carbocycles. The first-order chi connectivity index (χ1) is 15.2. The third kappa shape index (κ3) is 3.32. The van der Waals surface area contributed by atoms with Crippen LogP contribution in [0.1, 0.15) is 19.0 Å². The second-order valence-corrected chi connectivity index (χ2v) is 7.17. The van der Waals surface area contributed by atoms with E-state index in [2.05, 4.69) is 35.0 Å². The minimum Gasteiger partial charge on any atom is -0.338 e. The Labute approximate surface area is 177 Å². The molecule has 5 rings (SSSR count). The zero-order valence-electron chi connectivity index (χ0n) is 16.7. The summed E-state index contributed by atoms with van der Waals surface area (Å²) in [5.74, 6) is 0.762. The molecule has 0 radical (unpaired) electrons. The van der Waals surface area contributed by atoms with Gasteiger partial charge in [0.25, 0.3) is 0 Å². The van der Waals surface area contributed by atoms with Crippen LogP contribution in [-0.4, -0.2) is 35.9 Å². The van der Waals surface area contributed by atoms with Gasteiger partial charge >= 0.3 is 0 Å². The predicted octanol–water partition coefficient (Wildman–Crippen LogP) is 4.64. The summed E-state index contributed by atoms with van der Waals surface area (Å²) < 4.78 is 0. The standard InChI is InChI=1S/C23H17N7O/c1-3-16(31)10-15-8-7-13(11-25-15)14-9-17-20(29-30-22(17)26-12-14)23-27-19-6-4-5-18(24-2)21(19)28-23/h4-9,11-12H,3,10H2,1H3,(H,27,28)(H,26,29,30). The normalized spacial score (nSPS) is 11.1. The van der Waals surface area contributed by atoms with Crippen LogP contribution in [0.2, 0.25) is 0 Å². The quantitative estimate of drug-likeness (QED) is 0.413. The molecule has 0 aliphatic heterocycles. The monoisotopic (exact) mass is 407 g/mol. The Balaban J connectivity index is 1.55. The number of H-pyrrole nitrogens is 2. The summed E-state index contributed by atoms with van der Waals surface area (Å²) in [4.78, 5) is 31.9. The van der Waals surface area contributed by atoms with Gasteiger partial charge in [-0.1, -0.05) is 25.1 Å². The molecule has 31 heavy (non-hydrogen) atoms. The van der Waals surface area contributed by atoms with E-state index in [1.54, 1.807) is 18.5 Å². The number of rotatable bonds is 5. The van der Waals surface area contributed by atoms with Gasteiger partial charge in [0.1, 0.15) is 11.5 Å². The lowest BCUT2D eigenvalue weighted by Gasteiger charge is -2.03. The molecule has 0 aliphatic rings. The van der Waals surface area contributed by atoms with Gasteiger partial charge in [-0.3, -0.25) is 14.9 Å². The van der Waals surface area contributed by atoms with E-state index in [1.165, 1.54) is 0 Å². The first kappa shape index (κ1) is 18.6. The second kappa shape index (κ2) is 7.46. The number of hydrogen-bond donors (Lipinski definition) is 2. The molecule has 5 aromatic rings. The molecular weight excluding hydrogens is 390 g/mol. The van der Waals surface area contributed by atoms with Gasteiger partial charge in [-0.25, -0.2) is 14.8 Å². The first-order valence-electron chi connectivity index (χ1n) is 9.84. The van der Waals surface area contributed by atoms with Crippen molar-refractivity contribution in [3.8, 4) is 22.6 Å². The number of benzene rings is 1. The van der Waals surface area contributed by atoms with Crippen molar-refractivity contribution < 1.29 is 4.79 Å². The number of pyridine rings is 2. The van der Waals surface area contributed by atoms with E-state index in [-0.39, 0.29) is 5.78 Å². The van der Waals surface area contributed by atoms with Crippen molar-refractivity contribution in [3.63, 3.8) is 0 Å². The molecule has 0 saturated carbocycles. The smallest absolute Gasteiger partial charge is 0.214 e. The number of carbonyl (C=O) groups excluding carboxylic acids is 1. The fraction of sp³-hybridized carbons (Fsp3) is 0.130. The number of imidazole rings is 1. The lowest BCUT2D eigenvalue weighted by atomic mass is 10.1. The van der Waals surface area contributed by atoms with Crippen LogP contribution in [0.4, 0.5) is 5.69 Å². The van der Waals surface area contributed by atoms with Crippen molar-refractivity contribution in [2.45, 2.75) is 19.8 Å². The van der Waals surface area contributed by atoms with Gasteiger partial charge in [0.05, 0.1) is 23.0 Å². The maximum atomic E-state index is 11.6. The van der Waals surface area contributed by atoms with Gasteiger partial charge in [-0.15, -0.1) is 0 Å². The van der Waals surface area contributed by atoms with Crippen LogP contribution in [0.5, 0.6) is 0 Å².